The van der Waals surface area contributed by atoms with Crippen molar-refractivity contribution in [1.82, 2.24) is 4.31 Å². The van der Waals surface area contributed by atoms with E-state index in [2.05, 4.69) is 76.2 Å². The Labute approximate surface area is 255 Å². The number of unbranched alkanes of at least 4 members (excludes halogenated alkanes) is 1. The van der Waals surface area contributed by atoms with Gasteiger partial charge in [0.15, 0.2) is 0 Å². The van der Waals surface area contributed by atoms with Crippen LogP contribution in [0.15, 0.2) is 95.2 Å². The summed E-state index contributed by atoms with van der Waals surface area (Å²) in [6.45, 7) is 13.9. The Morgan fingerprint density at radius 1 is 0.714 bits per heavy atom. The van der Waals surface area contributed by atoms with Gasteiger partial charge in [0.1, 0.15) is 10.8 Å². The highest BCUT2D eigenvalue weighted by atomic mass is 32.2. The molecule has 4 nitrogen and oxygen atoms in total. The minimum atomic E-state index is -3.65. The third-order valence-electron chi connectivity index (χ3n) is 8.60. The maximum absolute atomic E-state index is 14.1. The topological polar surface area (TPSA) is 37.4 Å². The summed E-state index contributed by atoms with van der Waals surface area (Å²) in [5.41, 5.74) is 5.03. The predicted molar refractivity (Wildman–Crippen MR) is 178 cm³/mol. The number of thiophene rings is 1. The normalized spacial score (nSPS) is 12.5. The van der Waals surface area contributed by atoms with Crippen molar-refractivity contribution in [2.45, 2.75) is 57.8 Å². The average molecular weight is 600 g/mol. The van der Waals surface area contributed by atoms with E-state index in [1.165, 1.54) is 28.0 Å². The SMILES string of the molecule is CC[N+](CC)(CCCCN(Cc1ccc2ccccc2c1)S(=O)(=O)c1cc2ccccc2s1)Cc1cc(C)cc(C)c1. The zero-order valence-electron chi connectivity index (χ0n) is 25.3. The summed E-state index contributed by atoms with van der Waals surface area (Å²) in [6.07, 6.45) is 1.80. The van der Waals surface area contributed by atoms with Gasteiger partial charge in [0, 0.05) is 23.4 Å². The molecule has 0 spiro atoms. The van der Waals surface area contributed by atoms with Gasteiger partial charge in [0.25, 0.3) is 10.0 Å². The fourth-order valence-corrected chi connectivity index (χ4v) is 9.18. The highest BCUT2D eigenvalue weighted by molar-refractivity contribution is 7.91. The first kappa shape index (κ1) is 30.4. The molecule has 0 aliphatic carbocycles. The molecule has 0 atom stereocenters. The van der Waals surface area contributed by atoms with Gasteiger partial charge in [-0.3, -0.25) is 0 Å². The highest BCUT2D eigenvalue weighted by Crippen LogP contribution is 2.32. The smallest absolute Gasteiger partial charge is 0.252 e. The van der Waals surface area contributed by atoms with Crippen LogP contribution in [0.4, 0.5) is 0 Å². The second-order valence-corrected chi connectivity index (χ2v) is 14.9. The summed E-state index contributed by atoms with van der Waals surface area (Å²) >= 11 is 1.37. The fourth-order valence-electron chi connectivity index (χ4n) is 6.16. The van der Waals surface area contributed by atoms with Crippen LogP contribution in [0.25, 0.3) is 20.9 Å². The molecule has 0 bridgehead atoms. The van der Waals surface area contributed by atoms with E-state index in [0.717, 1.165) is 69.9 Å². The molecular weight excluding hydrogens is 557 g/mol. The minimum absolute atomic E-state index is 0.367. The molecule has 0 amide bonds. The monoisotopic (exact) mass is 599 g/mol. The summed E-state index contributed by atoms with van der Waals surface area (Å²) in [4.78, 5) is 0. The standard InChI is InChI=1S/C36H43N2O2S2/c1-5-38(6-2,27-31-22-28(3)21-29(4)23-31)20-12-11-19-37(26-30-17-18-32-13-7-8-14-33(32)24-30)42(39,40)36-25-34-15-9-10-16-35(34)41-36/h7-10,13-18,21-25H,5-6,11-12,19-20,26-27H2,1-4H3/q+1. The highest BCUT2D eigenvalue weighted by Gasteiger charge is 2.28. The molecule has 1 aromatic heterocycles. The van der Waals surface area contributed by atoms with Crippen LogP contribution in [0.3, 0.4) is 0 Å². The van der Waals surface area contributed by atoms with Crippen molar-refractivity contribution in [2.75, 3.05) is 26.2 Å². The van der Waals surface area contributed by atoms with Crippen molar-refractivity contribution in [3.8, 4) is 0 Å². The van der Waals surface area contributed by atoms with Gasteiger partial charge in [-0.2, -0.15) is 4.31 Å². The Morgan fingerprint density at radius 3 is 2.07 bits per heavy atom. The van der Waals surface area contributed by atoms with Gasteiger partial charge in [-0.1, -0.05) is 83.9 Å². The van der Waals surface area contributed by atoms with E-state index in [-0.39, 0.29) is 0 Å². The Bertz CT molecular complexity index is 1720. The number of fused-ring (bicyclic) bond motifs is 2. The number of benzene rings is 4. The lowest BCUT2D eigenvalue weighted by atomic mass is 10.1. The maximum Gasteiger partial charge on any atom is 0.252 e. The predicted octanol–water partition coefficient (Wildman–Crippen LogP) is 8.70. The number of nitrogens with zero attached hydrogens (tertiary/aromatic N) is 2. The van der Waals surface area contributed by atoms with Crippen molar-refractivity contribution in [3.05, 3.63) is 113 Å². The van der Waals surface area contributed by atoms with Crippen molar-refractivity contribution < 1.29 is 12.9 Å². The molecule has 0 aliphatic heterocycles. The van der Waals surface area contributed by atoms with E-state index in [0.29, 0.717) is 17.3 Å². The van der Waals surface area contributed by atoms with Crippen LogP contribution in [0, 0.1) is 13.8 Å². The number of aryl methyl sites for hydroxylation is 2. The van der Waals surface area contributed by atoms with Gasteiger partial charge in [-0.25, -0.2) is 8.42 Å². The molecule has 220 valence electrons. The maximum atomic E-state index is 14.1. The zero-order valence-corrected chi connectivity index (χ0v) is 27.0. The Hall–Kier alpha value is -3.03. The Morgan fingerprint density at radius 2 is 1.38 bits per heavy atom. The molecule has 0 fully saturated rings. The number of quaternary nitrogens is 1. The summed E-state index contributed by atoms with van der Waals surface area (Å²) in [7, 11) is -3.65. The number of sulfonamides is 1. The lowest BCUT2D eigenvalue weighted by molar-refractivity contribution is -0.938. The van der Waals surface area contributed by atoms with Gasteiger partial charge in [-0.15, -0.1) is 11.3 Å². The number of rotatable bonds is 13. The second-order valence-electron chi connectivity index (χ2n) is 11.7. The molecule has 0 unspecified atom stereocenters. The van der Waals surface area contributed by atoms with Crippen molar-refractivity contribution >= 4 is 42.2 Å². The molecule has 5 aromatic rings. The Balaban J connectivity index is 1.35. The molecule has 6 heteroatoms. The van der Waals surface area contributed by atoms with Crippen LogP contribution in [-0.2, 0) is 23.1 Å². The molecule has 0 saturated carbocycles. The van der Waals surface area contributed by atoms with Crippen LogP contribution in [-0.4, -0.2) is 43.4 Å². The fraction of sp³-hybridized carbons (Fsp3) is 0.333. The molecule has 4 aromatic carbocycles. The molecule has 5 rings (SSSR count). The first-order valence-corrected chi connectivity index (χ1v) is 17.4. The van der Waals surface area contributed by atoms with Crippen molar-refractivity contribution in [3.63, 3.8) is 0 Å². The van der Waals surface area contributed by atoms with E-state index in [1.807, 2.05) is 42.5 Å². The minimum Gasteiger partial charge on any atom is -0.320 e. The molecular formula is C36H43N2O2S2+. The molecule has 1 heterocycles. The van der Waals surface area contributed by atoms with E-state index in [9.17, 15) is 8.42 Å². The first-order chi connectivity index (χ1) is 20.2. The van der Waals surface area contributed by atoms with Crippen LogP contribution in [0.5, 0.6) is 0 Å². The van der Waals surface area contributed by atoms with Gasteiger partial charge < -0.3 is 4.48 Å². The van der Waals surface area contributed by atoms with Gasteiger partial charge in [0.2, 0.25) is 0 Å². The molecule has 0 radical (unpaired) electrons. The van der Waals surface area contributed by atoms with E-state index >= 15 is 0 Å². The van der Waals surface area contributed by atoms with E-state index < -0.39 is 10.0 Å². The summed E-state index contributed by atoms with van der Waals surface area (Å²) in [6, 6.07) is 31.1. The summed E-state index contributed by atoms with van der Waals surface area (Å²) in [5, 5.41) is 3.27. The first-order valence-electron chi connectivity index (χ1n) is 15.1. The number of hydrogen-bond acceptors (Lipinski definition) is 3. The molecule has 0 aliphatic rings. The van der Waals surface area contributed by atoms with Crippen molar-refractivity contribution in [1.29, 1.82) is 0 Å². The van der Waals surface area contributed by atoms with Gasteiger partial charge >= 0.3 is 0 Å². The largest absolute Gasteiger partial charge is 0.320 e. The third kappa shape index (κ3) is 6.95. The van der Waals surface area contributed by atoms with Gasteiger partial charge in [0.05, 0.1) is 19.6 Å². The van der Waals surface area contributed by atoms with Crippen LogP contribution >= 0.6 is 11.3 Å². The molecule has 42 heavy (non-hydrogen) atoms. The Kier molecular flexibility index (Phi) is 9.48. The molecule has 0 saturated heterocycles. The summed E-state index contributed by atoms with van der Waals surface area (Å²) in [5.74, 6) is 0. The average Bonchev–Trinajstić information content (AvgIpc) is 3.43. The second kappa shape index (κ2) is 13.1. The van der Waals surface area contributed by atoms with E-state index in [4.69, 9.17) is 0 Å². The summed E-state index contributed by atoms with van der Waals surface area (Å²) < 4.78 is 32.4. The van der Waals surface area contributed by atoms with Crippen LogP contribution in [0.2, 0.25) is 0 Å². The van der Waals surface area contributed by atoms with Crippen molar-refractivity contribution in [2.24, 2.45) is 0 Å². The molecule has 0 N–H and O–H groups in total. The lowest BCUT2D eigenvalue weighted by Gasteiger charge is -2.37. The van der Waals surface area contributed by atoms with Gasteiger partial charge in [-0.05, 0) is 80.5 Å². The van der Waals surface area contributed by atoms with Crippen LogP contribution in [0.1, 0.15) is 48.9 Å². The quantitative estimate of drug-likeness (QED) is 0.100. The number of hydrogen-bond donors (Lipinski definition) is 0. The lowest BCUT2D eigenvalue weighted by Crippen LogP contribution is -2.47. The van der Waals surface area contributed by atoms with E-state index in [1.54, 1.807) is 4.31 Å². The zero-order chi connectivity index (χ0) is 29.7. The van der Waals surface area contributed by atoms with Crippen LogP contribution < -0.4 is 0 Å². The third-order valence-corrected chi connectivity index (χ3v) is 12.0.